The van der Waals surface area contributed by atoms with Crippen LogP contribution in [0.2, 0.25) is 0 Å². The van der Waals surface area contributed by atoms with Crippen LogP contribution in [-0.2, 0) is 11.3 Å². The molecule has 9 nitrogen and oxygen atoms in total. The van der Waals surface area contributed by atoms with Crippen LogP contribution in [-0.4, -0.2) is 37.3 Å². The van der Waals surface area contributed by atoms with Gasteiger partial charge in [0.15, 0.2) is 23.9 Å². The zero-order chi connectivity index (χ0) is 19.5. The maximum Gasteiger partial charge on any atom is 0.258 e. The summed E-state index contributed by atoms with van der Waals surface area (Å²) in [6.45, 7) is 3.89. The molecule has 0 saturated carbocycles. The summed E-state index contributed by atoms with van der Waals surface area (Å²) in [6, 6.07) is 11.2. The summed E-state index contributed by atoms with van der Waals surface area (Å²) in [4.78, 5) is 16.3. The van der Waals surface area contributed by atoms with Gasteiger partial charge in [-0.15, -0.1) is 10.2 Å². The second-order valence-corrected chi connectivity index (χ2v) is 6.29. The molecule has 0 aliphatic rings. The van der Waals surface area contributed by atoms with Crippen LogP contribution in [0.1, 0.15) is 17.2 Å². The van der Waals surface area contributed by atoms with Gasteiger partial charge < -0.3 is 14.6 Å². The molecular formula is C19H18N6O3. The third-order valence-corrected chi connectivity index (χ3v) is 4.06. The van der Waals surface area contributed by atoms with Crippen LogP contribution < -0.4 is 10.1 Å². The van der Waals surface area contributed by atoms with Crippen molar-refractivity contribution in [2.24, 2.45) is 0 Å². The Bertz CT molecular complexity index is 1130. The van der Waals surface area contributed by atoms with E-state index in [-0.39, 0.29) is 19.1 Å². The molecule has 0 spiro atoms. The first-order valence-corrected chi connectivity index (χ1v) is 8.69. The third-order valence-electron chi connectivity index (χ3n) is 4.06. The summed E-state index contributed by atoms with van der Waals surface area (Å²) in [5.74, 6) is 2.01. The second kappa shape index (κ2) is 7.47. The van der Waals surface area contributed by atoms with Gasteiger partial charge in [0, 0.05) is 11.8 Å². The van der Waals surface area contributed by atoms with Gasteiger partial charge in [0.2, 0.25) is 0 Å². The number of aryl methyl sites for hydroxylation is 2. The zero-order valence-electron chi connectivity index (χ0n) is 15.4. The number of nitrogens with one attached hydrogen (secondary N) is 1. The number of ether oxygens (including phenoxy) is 1. The maximum absolute atomic E-state index is 12.1. The Balaban J connectivity index is 1.38. The molecule has 3 heterocycles. The van der Waals surface area contributed by atoms with Gasteiger partial charge in [-0.25, -0.2) is 0 Å². The lowest BCUT2D eigenvalue weighted by Crippen LogP contribution is -2.29. The predicted molar refractivity (Wildman–Crippen MR) is 99.5 cm³/mol. The van der Waals surface area contributed by atoms with Gasteiger partial charge in [0.05, 0.1) is 6.54 Å². The number of hydrogen-bond donors (Lipinski definition) is 1. The standard InChI is InChI=1S/C19H18N6O3/c1-12-4-3-5-15(8-12)27-11-18(26)20-10-17-23-22-16-9-14(6-7-25(16)17)19-21-13(2)24-28-19/h3-9H,10-11H2,1-2H3,(H,20,26). The first-order chi connectivity index (χ1) is 13.6. The fourth-order valence-electron chi connectivity index (χ4n) is 2.69. The molecule has 1 N–H and O–H groups in total. The Hall–Kier alpha value is -3.75. The third kappa shape index (κ3) is 3.83. The summed E-state index contributed by atoms with van der Waals surface area (Å²) in [5, 5.41) is 14.8. The average molecular weight is 378 g/mol. The largest absolute Gasteiger partial charge is 0.484 e. The van der Waals surface area contributed by atoms with Crippen LogP contribution in [0.25, 0.3) is 17.1 Å². The average Bonchev–Trinajstić information content (AvgIpc) is 3.30. The van der Waals surface area contributed by atoms with E-state index in [1.165, 1.54) is 0 Å². The SMILES string of the molecule is Cc1cccc(OCC(=O)NCc2nnc3cc(-c4nc(C)no4)ccn23)c1. The van der Waals surface area contributed by atoms with Gasteiger partial charge in [-0.2, -0.15) is 4.98 Å². The molecule has 0 radical (unpaired) electrons. The van der Waals surface area contributed by atoms with E-state index in [1.807, 2.05) is 37.3 Å². The maximum atomic E-state index is 12.1. The molecule has 9 heteroatoms. The van der Waals surface area contributed by atoms with Crippen molar-refractivity contribution in [1.29, 1.82) is 0 Å². The number of pyridine rings is 1. The molecule has 0 unspecified atom stereocenters. The Morgan fingerprint density at radius 2 is 2.11 bits per heavy atom. The normalized spacial score (nSPS) is 10.9. The molecule has 1 aromatic carbocycles. The number of hydrogen-bond acceptors (Lipinski definition) is 7. The van der Waals surface area contributed by atoms with Gasteiger partial charge in [-0.3, -0.25) is 9.20 Å². The van der Waals surface area contributed by atoms with Crippen molar-refractivity contribution < 1.29 is 14.1 Å². The highest BCUT2D eigenvalue weighted by atomic mass is 16.5. The van der Waals surface area contributed by atoms with Crippen LogP contribution in [0.15, 0.2) is 47.1 Å². The van der Waals surface area contributed by atoms with Crippen molar-refractivity contribution in [3.8, 4) is 17.2 Å². The Morgan fingerprint density at radius 1 is 1.21 bits per heavy atom. The molecular weight excluding hydrogens is 360 g/mol. The van der Waals surface area contributed by atoms with Crippen LogP contribution >= 0.6 is 0 Å². The number of aromatic nitrogens is 5. The molecule has 4 rings (SSSR count). The number of nitrogens with zero attached hydrogens (tertiary/aromatic N) is 5. The van der Waals surface area contributed by atoms with E-state index in [0.29, 0.717) is 28.9 Å². The van der Waals surface area contributed by atoms with Gasteiger partial charge in [0.1, 0.15) is 5.75 Å². The molecule has 0 aliphatic heterocycles. The molecule has 142 valence electrons. The van der Waals surface area contributed by atoms with Crippen molar-refractivity contribution in [2.45, 2.75) is 20.4 Å². The van der Waals surface area contributed by atoms with E-state index in [9.17, 15) is 4.79 Å². The fourth-order valence-corrected chi connectivity index (χ4v) is 2.69. The predicted octanol–water partition coefficient (Wildman–Crippen LogP) is 2.09. The second-order valence-electron chi connectivity index (χ2n) is 6.29. The number of benzene rings is 1. The molecule has 0 bridgehead atoms. The Labute approximate surface area is 160 Å². The minimum Gasteiger partial charge on any atom is -0.484 e. The van der Waals surface area contributed by atoms with E-state index < -0.39 is 0 Å². The lowest BCUT2D eigenvalue weighted by molar-refractivity contribution is -0.123. The first-order valence-electron chi connectivity index (χ1n) is 8.69. The number of carbonyl (C=O) groups excluding carboxylic acids is 1. The fraction of sp³-hybridized carbons (Fsp3) is 0.211. The van der Waals surface area contributed by atoms with E-state index in [2.05, 4.69) is 25.7 Å². The highest BCUT2D eigenvalue weighted by molar-refractivity contribution is 5.77. The number of rotatable bonds is 6. The lowest BCUT2D eigenvalue weighted by Gasteiger charge is -2.07. The van der Waals surface area contributed by atoms with Gasteiger partial charge >= 0.3 is 0 Å². The Kier molecular flexibility index (Phi) is 4.71. The summed E-state index contributed by atoms with van der Waals surface area (Å²) in [5.41, 5.74) is 2.44. The molecule has 1 amide bonds. The molecule has 3 aromatic heterocycles. The number of amides is 1. The zero-order valence-corrected chi connectivity index (χ0v) is 15.4. The van der Waals surface area contributed by atoms with Gasteiger partial charge in [0.25, 0.3) is 11.8 Å². The van der Waals surface area contributed by atoms with Gasteiger partial charge in [-0.1, -0.05) is 17.3 Å². The monoisotopic (exact) mass is 378 g/mol. The van der Waals surface area contributed by atoms with Crippen LogP contribution in [0.3, 0.4) is 0 Å². The quantitative estimate of drug-likeness (QED) is 0.547. The molecule has 28 heavy (non-hydrogen) atoms. The van der Waals surface area contributed by atoms with Crippen LogP contribution in [0.5, 0.6) is 5.75 Å². The van der Waals surface area contributed by atoms with Crippen molar-refractivity contribution in [1.82, 2.24) is 30.1 Å². The summed E-state index contributed by atoms with van der Waals surface area (Å²) >= 11 is 0. The van der Waals surface area contributed by atoms with Gasteiger partial charge in [-0.05, 0) is 43.7 Å². The molecule has 4 aromatic rings. The van der Waals surface area contributed by atoms with Crippen molar-refractivity contribution in [3.05, 3.63) is 59.8 Å². The lowest BCUT2D eigenvalue weighted by atomic mass is 10.2. The van der Waals surface area contributed by atoms with Crippen LogP contribution in [0.4, 0.5) is 0 Å². The molecule has 0 aliphatic carbocycles. The minimum atomic E-state index is -0.240. The highest BCUT2D eigenvalue weighted by Crippen LogP contribution is 2.18. The minimum absolute atomic E-state index is 0.0686. The summed E-state index contributed by atoms with van der Waals surface area (Å²) in [6.07, 6.45) is 1.80. The smallest absolute Gasteiger partial charge is 0.258 e. The van der Waals surface area contributed by atoms with E-state index in [1.54, 1.807) is 23.6 Å². The first kappa shape index (κ1) is 17.7. The molecule has 0 fully saturated rings. The topological polar surface area (TPSA) is 107 Å². The number of fused-ring (bicyclic) bond motifs is 1. The molecule has 0 atom stereocenters. The van der Waals surface area contributed by atoms with Crippen molar-refractivity contribution >= 4 is 11.6 Å². The molecule has 0 saturated heterocycles. The summed E-state index contributed by atoms with van der Waals surface area (Å²) < 4.78 is 12.4. The highest BCUT2D eigenvalue weighted by Gasteiger charge is 2.12. The van der Waals surface area contributed by atoms with E-state index >= 15 is 0 Å². The van der Waals surface area contributed by atoms with E-state index in [0.717, 1.165) is 11.1 Å². The van der Waals surface area contributed by atoms with Crippen molar-refractivity contribution in [2.75, 3.05) is 6.61 Å². The number of carbonyl (C=O) groups is 1. The summed E-state index contributed by atoms with van der Waals surface area (Å²) in [7, 11) is 0. The Morgan fingerprint density at radius 3 is 2.89 bits per heavy atom. The van der Waals surface area contributed by atoms with Crippen LogP contribution in [0, 0.1) is 13.8 Å². The van der Waals surface area contributed by atoms with Crippen molar-refractivity contribution in [3.63, 3.8) is 0 Å². The van der Waals surface area contributed by atoms with E-state index in [4.69, 9.17) is 9.26 Å².